The van der Waals surface area contributed by atoms with Gasteiger partial charge in [0.2, 0.25) is 0 Å². The zero-order chi connectivity index (χ0) is 22.5. The minimum Gasteiger partial charge on any atom is -0.342 e. The smallest absolute Gasteiger partial charge is 0.251 e. The summed E-state index contributed by atoms with van der Waals surface area (Å²) in [7, 11) is 0. The molecule has 1 aliphatic heterocycles. The lowest BCUT2D eigenvalue weighted by molar-refractivity contribution is 0.0928. The third kappa shape index (κ3) is 6.39. The van der Waals surface area contributed by atoms with E-state index in [9.17, 15) is 4.79 Å². The molecule has 1 aromatic carbocycles. The molecule has 0 radical (unpaired) electrons. The fraction of sp³-hybridized carbons (Fsp3) is 0.640. The van der Waals surface area contributed by atoms with E-state index in [4.69, 9.17) is 0 Å². The van der Waals surface area contributed by atoms with Crippen molar-refractivity contribution in [2.24, 2.45) is 11.8 Å². The van der Waals surface area contributed by atoms with Crippen LogP contribution in [0, 0.1) is 25.7 Å². The first-order chi connectivity index (χ1) is 14.7. The maximum absolute atomic E-state index is 13.1. The molecule has 6 nitrogen and oxygen atoms in total. The molecular weight excluding hydrogens is 386 g/mol. The van der Waals surface area contributed by atoms with Crippen LogP contribution >= 0.6 is 0 Å². The molecular formula is C25H39N5O. The van der Waals surface area contributed by atoms with Gasteiger partial charge in [0.25, 0.3) is 5.91 Å². The minimum absolute atomic E-state index is 0.0398. The number of hydrogen-bond donors (Lipinski definition) is 1. The number of aryl methyl sites for hydroxylation is 2. The topological polar surface area (TPSA) is 63.1 Å². The number of nitrogens with zero attached hydrogens (tertiary/aromatic N) is 4. The molecule has 1 N–H and O–H groups in total. The van der Waals surface area contributed by atoms with E-state index in [0.29, 0.717) is 17.4 Å². The second-order valence-corrected chi connectivity index (χ2v) is 9.93. The van der Waals surface area contributed by atoms with E-state index < -0.39 is 0 Å². The van der Waals surface area contributed by atoms with Crippen molar-refractivity contribution in [2.45, 2.75) is 73.4 Å². The molecule has 0 bridgehead atoms. The third-order valence-electron chi connectivity index (χ3n) is 5.98. The minimum atomic E-state index is -0.142. The molecule has 1 amide bonds. The van der Waals surface area contributed by atoms with Gasteiger partial charge >= 0.3 is 0 Å². The maximum Gasteiger partial charge on any atom is 0.251 e. The first kappa shape index (κ1) is 23.5. The highest BCUT2D eigenvalue weighted by Gasteiger charge is 2.26. The van der Waals surface area contributed by atoms with E-state index in [0.717, 1.165) is 61.8 Å². The van der Waals surface area contributed by atoms with Crippen LogP contribution in [-0.4, -0.2) is 45.2 Å². The highest BCUT2D eigenvalue weighted by molar-refractivity contribution is 5.94. The Morgan fingerprint density at radius 2 is 1.71 bits per heavy atom. The molecule has 1 atom stereocenters. The second-order valence-electron chi connectivity index (χ2n) is 9.93. The SMILES string of the molecule is Cc1cc(C)cc(C(=O)N[C@@H](CC(C)C)c2nnc3n2CCN(CCC(C)C)CC3)c1. The van der Waals surface area contributed by atoms with Gasteiger partial charge in [-0.2, -0.15) is 0 Å². The van der Waals surface area contributed by atoms with Crippen molar-refractivity contribution in [3.8, 4) is 0 Å². The first-order valence-electron chi connectivity index (χ1n) is 11.8. The molecule has 1 aromatic heterocycles. The van der Waals surface area contributed by atoms with Gasteiger partial charge in [0.05, 0.1) is 6.04 Å². The Balaban J connectivity index is 1.78. The van der Waals surface area contributed by atoms with Crippen molar-refractivity contribution in [1.82, 2.24) is 25.0 Å². The third-order valence-corrected chi connectivity index (χ3v) is 5.98. The largest absolute Gasteiger partial charge is 0.342 e. The molecule has 31 heavy (non-hydrogen) atoms. The van der Waals surface area contributed by atoms with E-state index in [1.807, 2.05) is 26.0 Å². The molecule has 0 spiro atoms. The number of hydrogen-bond acceptors (Lipinski definition) is 4. The summed E-state index contributed by atoms with van der Waals surface area (Å²) in [5.74, 6) is 3.05. The van der Waals surface area contributed by atoms with Crippen molar-refractivity contribution in [1.29, 1.82) is 0 Å². The Morgan fingerprint density at radius 1 is 1.00 bits per heavy atom. The summed E-state index contributed by atoms with van der Waals surface area (Å²) in [5, 5.41) is 12.3. The van der Waals surface area contributed by atoms with Crippen LogP contribution in [0.4, 0.5) is 0 Å². The van der Waals surface area contributed by atoms with E-state index in [-0.39, 0.29) is 11.9 Å². The van der Waals surface area contributed by atoms with Gasteiger partial charge in [-0.1, -0.05) is 44.9 Å². The number of aromatic nitrogens is 3. The summed E-state index contributed by atoms with van der Waals surface area (Å²) >= 11 is 0. The zero-order valence-corrected chi connectivity index (χ0v) is 20.1. The normalized spacial score (nSPS) is 15.7. The van der Waals surface area contributed by atoms with Gasteiger partial charge in [-0.25, -0.2) is 0 Å². The Kier molecular flexibility index (Phi) is 7.87. The van der Waals surface area contributed by atoms with Crippen LogP contribution in [0.15, 0.2) is 18.2 Å². The maximum atomic E-state index is 13.1. The molecule has 0 saturated heterocycles. The van der Waals surface area contributed by atoms with Crippen molar-refractivity contribution in [2.75, 3.05) is 19.6 Å². The fourth-order valence-electron chi connectivity index (χ4n) is 4.36. The molecule has 1 aliphatic rings. The van der Waals surface area contributed by atoms with Crippen LogP contribution in [0.2, 0.25) is 0 Å². The molecule has 0 fully saturated rings. The van der Waals surface area contributed by atoms with Gasteiger partial charge in [0, 0.05) is 31.6 Å². The van der Waals surface area contributed by atoms with Gasteiger partial charge in [0.15, 0.2) is 5.82 Å². The van der Waals surface area contributed by atoms with Gasteiger partial charge in [-0.05, 0) is 57.2 Å². The molecule has 170 valence electrons. The van der Waals surface area contributed by atoms with E-state index in [1.54, 1.807) is 0 Å². The molecule has 0 aliphatic carbocycles. The van der Waals surface area contributed by atoms with Crippen molar-refractivity contribution >= 4 is 5.91 Å². The van der Waals surface area contributed by atoms with Gasteiger partial charge in [-0.15, -0.1) is 10.2 Å². The van der Waals surface area contributed by atoms with E-state index >= 15 is 0 Å². The summed E-state index contributed by atoms with van der Waals surface area (Å²) in [4.78, 5) is 15.6. The highest BCUT2D eigenvalue weighted by atomic mass is 16.1. The lowest BCUT2D eigenvalue weighted by Crippen LogP contribution is -2.33. The average molecular weight is 426 g/mol. The Labute approximate surface area is 187 Å². The highest BCUT2D eigenvalue weighted by Crippen LogP contribution is 2.23. The average Bonchev–Trinajstić information content (AvgIpc) is 2.97. The quantitative estimate of drug-likeness (QED) is 0.684. The van der Waals surface area contributed by atoms with E-state index in [2.05, 4.69) is 58.7 Å². The Morgan fingerprint density at radius 3 is 2.35 bits per heavy atom. The molecule has 0 unspecified atom stereocenters. The molecule has 2 aromatic rings. The van der Waals surface area contributed by atoms with E-state index in [1.165, 1.54) is 6.42 Å². The van der Waals surface area contributed by atoms with Crippen LogP contribution < -0.4 is 5.32 Å². The number of fused-ring (bicyclic) bond motifs is 1. The first-order valence-corrected chi connectivity index (χ1v) is 11.8. The van der Waals surface area contributed by atoms with Crippen molar-refractivity contribution in [3.63, 3.8) is 0 Å². The van der Waals surface area contributed by atoms with Gasteiger partial charge < -0.3 is 14.8 Å². The van der Waals surface area contributed by atoms with Gasteiger partial charge in [-0.3, -0.25) is 4.79 Å². The second kappa shape index (κ2) is 10.4. The molecule has 3 rings (SSSR count). The summed E-state index contributed by atoms with van der Waals surface area (Å²) in [6.45, 7) is 17.0. The Bertz CT molecular complexity index is 866. The number of nitrogens with one attached hydrogen (secondary N) is 1. The lowest BCUT2D eigenvalue weighted by Gasteiger charge is -2.23. The number of benzene rings is 1. The fourth-order valence-corrected chi connectivity index (χ4v) is 4.36. The number of rotatable bonds is 8. The summed E-state index contributed by atoms with van der Waals surface area (Å²) in [6, 6.07) is 5.85. The van der Waals surface area contributed by atoms with Crippen LogP contribution in [0.3, 0.4) is 0 Å². The van der Waals surface area contributed by atoms with Crippen LogP contribution in [-0.2, 0) is 13.0 Å². The molecule has 2 heterocycles. The number of amides is 1. The van der Waals surface area contributed by atoms with Crippen molar-refractivity contribution in [3.05, 3.63) is 46.5 Å². The molecule has 6 heteroatoms. The van der Waals surface area contributed by atoms with Crippen LogP contribution in [0.1, 0.15) is 79.7 Å². The monoisotopic (exact) mass is 425 g/mol. The van der Waals surface area contributed by atoms with Gasteiger partial charge in [0.1, 0.15) is 5.82 Å². The summed E-state index contributed by atoms with van der Waals surface area (Å²) in [5.41, 5.74) is 2.91. The van der Waals surface area contributed by atoms with Crippen LogP contribution in [0.5, 0.6) is 0 Å². The Hall–Kier alpha value is -2.21. The predicted molar refractivity (Wildman–Crippen MR) is 125 cm³/mol. The standard InChI is InChI=1S/C25H39N5O/c1-17(2)7-9-29-10-8-23-27-28-24(30(23)12-11-29)22(13-18(3)4)26-25(31)21-15-19(5)14-20(6)16-21/h14-18,22H,7-13H2,1-6H3,(H,26,31)/t22-/m0/s1. The van der Waals surface area contributed by atoms with Crippen LogP contribution in [0.25, 0.3) is 0 Å². The molecule has 0 saturated carbocycles. The lowest BCUT2D eigenvalue weighted by atomic mass is 10.0. The number of carbonyl (C=O) groups is 1. The summed E-state index contributed by atoms with van der Waals surface area (Å²) < 4.78 is 2.25. The van der Waals surface area contributed by atoms with Crippen molar-refractivity contribution < 1.29 is 4.79 Å². The summed E-state index contributed by atoms with van der Waals surface area (Å²) in [6.07, 6.45) is 2.96. The number of carbonyl (C=O) groups excluding carboxylic acids is 1. The predicted octanol–water partition coefficient (Wildman–Crippen LogP) is 4.32. The zero-order valence-electron chi connectivity index (χ0n) is 20.1.